The minimum Gasteiger partial charge on any atom is -0.491 e. The molecular formula is C13H19NO2. The molecule has 3 nitrogen and oxygen atoms in total. The van der Waals surface area contributed by atoms with Gasteiger partial charge in [0.25, 0.3) is 0 Å². The highest BCUT2D eigenvalue weighted by Crippen LogP contribution is 2.13. The van der Waals surface area contributed by atoms with Gasteiger partial charge in [-0.3, -0.25) is 0 Å². The van der Waals surface area contributed by atoms with Gasteiger partial charge in [0, 0.05) is 12.6 Å². The van der Waals surface area contributed by atoms with Gasteiger partial charge in [0.2, 0.25) is 0 Å². The largest absolute Gasteiger partial charge is 0.491 e. The summed E-state index contributed by atoms with van der Waals surface area (Å²) in [5.41, 5.74) is 1.22. The highest BCUT2D eigenvalue weighted by molar-refractivity contribution is 5.27. The second kappa shape index (κ2) is 5.32. The van der Waals surface area contributed by atoms with Crippen LogP contribution in [0.15, 0.2) is 24.3 Å². The van der Waals surface area contributed by atoms with E-state index >= 15 is 0 Å². The van der Waals surface area contributed by atoms with E-state index in [0.29, 0.717) is 12.6 Å². The highest BCUT2D eigenvalue weighted by atomic mass is 16.5. The van der Waals surface area contributed by atoms with E-state index in [4.69, 9.17) is 9.47 Å². The third kappa shape index (κ3) is 3.22. The van der Waals surface area contributed by atoms with Gasteiger partial charge in [-0.2, -0.15) is 0 Å². The van der Waals surface area contributed by atoms with Crippen molar-refractivity contribution in [2.75, 3.05) is 19.8 Å². The third-order valence-electron chi connectivity index (χ3n) is 2.70. The molecule has 1 heterocycles. The van der Waals surface area contributed by atoms with Crippen molar-refractivity contribution in [3.05, 3.63) is 29.8 Å². The molecule has 1 fully saturated rings. The maximum Gasteiger partial charge on any atom is 0.119 e. The summed E-state index contributed by atoms with van der Waals surface area (Å²) in [6, 6.07) is 8.54. The number of hydrogen-bond acceptors (Lipinski definition) is 3. The first-order valence-corrected chi connectivity index (χ1v) is 5.78. The fraction of sp³-hybridized carbons (Fsp3) is 0.538. The molecule has 0 aliphatic carbocycles. The first-order chi connectivity index (χ1) is 7.74. The van der Waals surface area contributed by atoms with Gasteiger partial charge in [-0.05, 0) is 31.5 Å². The van der Waals surface area contributed by atoms with Crippen LogP contribution in [0.4, 0.5) is 0 Å². The molecule has 0 spiro atoms. The van der Waals surface area contributed by atoms with E-state index < -0.39 is 0 Å². The molecular weight excluding hydrogens is 202 g/mol. The zero-order valence-corrected chi connectivity index (χ0v) is 9.90. The second-order valence-electron chi connectivity index (χ2n) is 4.39. The van der Waals surface area contributed by atoms with Crippen LogP contribution < -0.4 is 10.1 Å². The Morgan fingerprint density at radius 3 is 3.06 bits per heavy atom. The molecule has 2 atom stereocenters. The highest BCUT2D eigenvalue weighted by Gasteiger charge is 2.18. The van der Waals surface area contributed by atoms with Crippen LogP contribution in [0.2, 0.25) is 0 Å². The van der Waals surface area contributed by atoms with Crippen molar-refractivity contribution in [1.82, 2.24) is 5.32 Å². The fourth-order valence-corrected chi connectivity index (χ4v) is 1.73. The van der Waals surface area contributed by atoms with Crippen molar-refractivity contribution in [3.8, 4) is 5.75 Å². The van der Waals surface area contributed by atoms with Gasteiger partial charge in [0.05, 0.1) is 6.61 Å². The minimum absolute atomic E-state index is 0.164. The van der Waals surface area contributed by atoms with Crippen LogP contribution >= 0.6 is 0 Å². The van der Waals surface area contributed by atoms with Crippen LogP contribution in [0, 0.1) is 6.92 Å². The van der Waals surface area contributed by atoms with Crippen LogP contribution in [0.5, 0.6) is 5.75 Å². The first-order valence-electron chi connectivity index (χ1n) is 5.78. The molecule has 1 aliphatic rings. The summed E-state index contributed by atoms with van der Waals surface area (Å²) < 4.78 is 11.4. The fourth-order valence-electron chi connectivity index (χ4n) is 1.73. The Kier molecular flexibility index (Phi) is 3.80. The van der Waals surface area contributed by atoms with Gasteiger partial charge in [-0.25, -0.2) is 0 Å². The Bertz CT molecular complexity index is 332. The molecule has 1 aromatic rings. The summed E-state index contributed by atoms with van der Waals surface area (Å²) in [5, 5.41) is 3.37. The van der Waals surface area contributed by atoms with Crippen molar-refractivity contribution in [1.29, 1.82) is 0 Å². The normalized spacial score (nSPS) is 25.4. The molecule has 0 radical (unpaired) electrons. The van der Waals surface area contributed by atoms with Gasteiger partial charge in [-0.1, -0.05) is 12.1 Å². The smallest absolute Gasteiger partial charge is 0.119 e. The molecule has 88 valence electrons. The van der Waals surface area contributed by atoms with Crippen molar-refractivity contribution in [2.24, 2.45) is 0 Å². The quantitative estimate of drug-likeness (QED) is 0.843. The van der Waals surface area contributed by atoms with Gasteiger partial charge in [-0.15, -0.1) is 0 Å². The lowest BCUT2D eigenvalue weighted by atomic mass is 10.2. The molecule has 2 rings (SSSR count). The molecule has 0 bridgehead atoms. The van der Waals surface area contributed by atoms with Gasteiger partial charge < -0.3 is 14.8 Å². The van der Waals surface area contributed by atoms with Crippen molar-refractivity contribution < 1.29 is 9.47 Å². The number of benzene rings is 1. The molecule has 0 saturated carbocycles. The zero-order valence-electron chi connectivity index (χ0n) is 9.90. The van der Waals surface area contributed by atoms with Crippen molar-refractivity contribution in [3.63, 3.8) is 0 Å². The van der Waals surface area contributed by atoms with Gasteiger partial charge in [0.1, 0.15) is 18.5 Å². The number of hydrogen-bond donors (Lipinski definition) is 1. The van der Waals surface area contributed by atoms with E-state index in [9.17, 15) is 0 Å². The number of aryl methyl sites for hydroxylation is 1. The molecule has 2 unspecified atom stereocenters. The third-order valence-corrected chi connectivity index (χ3v) is 2.70. The van der Waals surface area contributed by atoms with Crippen LogP contribution in [-0.2, 0) is 4.74 Å². The molecule has 1 N–H and O–H groups in total. The molecule has 0 aromatic heterocycles. The van der Waals surface area contributed by atoms with E-state index in [1.54, 1.807) is 0 Å². The van der Waals surface area contributed by atoms with Crippen LogP contribution in [0.25, 0.3) is 0 Å². The van der Waals surface area contributed by atoms with E-state index in [0.717, 1.165) is 18.9 Å². The lowest BCUT2D eigenvalue weighted by Crippen LogP contribution is -2.46. The maximum absolute atomic E-state index is 5.70. The van der Waals surface area contributed by atoms with Crippen LogP contribution in [-0.4, -0.2) is 31.9 Å². The molecule has 1 aromatic carbocycles. The first kappa shape index (κ1) is 11.4. The summed E-state index contributed by atoms with van der Waals surface area (Å²) in [5.74, 6) is 0.919. The Balaban J connectivity index is 1.79. The zero-order chi connectivity index (χ0) is 11.4. The lowest BCUT2D eigenvalue weighted by Gasteiger charge is -2.28. The summed E-state index contributed by atoms with van der Waals surface area (Å²) >= 11 is 0. The number of rotatable bonds is 3. The van der Waals surface area contributed by atoms with Crippen LogP contribution in [0.3, 0.4) is 0 Å². The Morgan fingerprint density at radius 1 is 1.50 bits per heavy atom. The Morgan fingerprint density at radius 2 is 2.38 bits per heavy atom. The monoisotopic (exact) mass is 221 g/mol. The number of morpholine rings is 1. The van der Waals surface area contributed by atoms with Crippen molar-refractivity contribution in [2.45, 2.75) is 26.0 Å². The van der Waals surface area contributed by atoms with E-state index in [1.165, 1.54) is 5.56 Å². The van der Waals surface area contributed by atoms with E-state index in [1.807, 2.05) is 18.2 Å². The SMILES string of the molecule is Cc1cccc(OCC2CNC(C)CO2)c1. The van der Waals surface area contributed by atoms with Crippen molar-refractivity contribution >= 4 is 0 Å². The standard InChI is InChI=1S/C13H19NO2/c1-10-4-3-5-12(6-10)16-9-13-7-14-11(2)8-15-13/h3-6,11,13-14H,7-9H2,1-2H3. The Labute approximate surface area is 96.8 Å². The lowest BCUT2D eigenvalue weighted by molar-refractivity contribution is -0.0165. The van der Waals surface area contributed by atoms with Gasteiger partial charge >= 0.3 is 0 Å². The molecule has 1 aliphatic heterocycles. The average Bonchev–Trinajstić information content (AvgIpc) is 2.28. The average molecular weight is 221 g/mol. The summed E-state index contributed by atoms with van der Waals surface area (Å²) in [6.07, 6.45) is 0.164. The minimum atomic E-state index is 0.164. The second-order valence-corrected chi connectivity index (χ2v) is 4.39. The molecule has 16 heavy (non-hydrogen) atoms. The molecule has 0 amide bonds. The molecule has 3 heteroatoms. The molecule has 1 saturated heterocycles. The van der Waals surface area contributed by atoms with Gasteiger partial charge in [0.15, 0.2) is 0 Å². The predicted octanol–water partition coefficient (Wildman–Crippen LogP) is 1.75. The van der Waals surface area contributed by atoms with E-state index in [2.05, 4.69) is 25.2 Å². The Hall–Kier alpha value is -1.06. The number of nitrogens with one attached hydrogen (secondary N) is 1. The maximum atomic E-state index is 5.70. The summed E-state index contributed by atoms with van der Waals surface area (Å²) in [4.78, 5) is 0. The number of ether oxygens (including phenoxy) is 2. The predicted molar refractivity (Wildman–Crippen MR) is 63.9 cm³/mol. The summed E-state index contributed by atoms with van der Waals surface area (Å²) in [7, 11) is 0. The topological polar surface area (TPSA) is 30.5 Å². The van der Waals surface area contributed by atoms with E-state index in [-0.39, 0.29) is 6.10 Å². The summed E-state index contributed by atoms with van der Waals surface area (Å²) in [6.45, 7) is 6.43. The van der Waals surface area contributed by atoms with Crippen LogP contribution in [0.1, 0.15) is 12.5 Å².